The first-order chi connectivity index (χ1) is 16.0. The van der Waals surface area contributed by atoms with Gasteiger partial charge in [-0.25, -0.2) is 0 Å². The van der Waals surface area contributed by atoms with E-state index in [1.54, 1.807) is 42.2 Å². The smallest absolute Gasteiger partial charge is 0.264 e. The van der Waals surface area contributed by atoms with Crippen molar-refractivity contribution in [3.05, 3.63) is 66.2 Å². The summed E-state index contributed by atoms with van der Waals surface area (Å²) >= 11 is 5.32. The monoisotopic (exact) mass is 463 g/mol. The summed E-state index contributed by atoms with van der Waals surface area (Å²) in [6, 6.07) is 17.9. The zero-order valence-electron chi connectivity index (χ0n) is 18.2. The summed E-state index contributed by atoms with van der Waals surface area (Å²) in [5, 5.41) is 14.8. The number of thiocarbonyl (C=S) groups is 1. The summed E-state index contributed by atoms with van der Waals surface area (Å²) in [7, 11) is 4.58. The van der Waals surface area contributed by atoms with Gasteiger partial charge >= 0.3 is 0 Å². The number of amides is 1. The molecule has 0 fully saturated rings. The molecule has 1 aromatic heterocycles. The van der Waals surface area contributed by atoms with Crippen LogP contribution in [0.5, 0.6) is 17.2 Å². The third kappa shape index (κ3) is 4.70. The molecular formula is C23H21N5O4S. The number of nitrogens with zero attached hydrogens (tertiary/aromatic N) is 3. The largest absolute Gasteiger partial charge is 0.497 e. The molecule has 33 heavy (non-hydrogen) atoms. The predicted molar refractivity (Wildman–Crippen MR) is 129 cm³/mol. The van der Waals surface area contributed by atoms with E-state index in [0.717, 1.165) is 11.4 Å². The van der Waals surface area contributed by atoms with Gasteiger partial charge in [-0.2, -0.15) is 4.80 Å². The molecule has 0 saturated carbocycles. The van der Waals surface area contributed by atoms with Crippen molar-refractivity contribution in [3.63, 3.8) is 0 Å². The van der Waals surface area contributed by atoms with Gasteiger partial charge in [-0.1, -0.05) is 6.07 Å². The Morgan fingerprint density at radius 1 is 0.879 bits per heavy atom. The van der Waals surface area contributed by atoms with Crippen molar-refractivity contribution >= 4 is 40.0 Å². The molecule has 4 aromatic rings. The second kappa shape index (κ2) is 9.53. The van der Waals surface area contributed by atoms with Crippen LogP contribution in [-0.4, -0.2) is 47.3 Å². The highest BCUT2D eigenvalue weighted by atomic mass is 32.1. The Hall–Kier alpha value is -4.18. The normalized spacial score (nSPS) is 10.5. The number of aromatic nitrogens is 3. The van der Waals surface area contributed by atoms with Crippen LogP contribution in [0, 0.1) is 0 Å². The highest BCUT2D eigenvalue weighted by Crippen LogP contribution is 2.28. The van der Waals surface area contributed by atoms with Gasteiger partial charge in [0, 0.05) is 5.69 Å². The number of carbonyl (C=O) groups excluding carboxylic acids is 1. The second-order valence-corrected chi connectivity index (χ2v) is 7.24. The lowest BCUT2D eigenvalue weighted by Gasteiger charge is -2.14. The Morgan fingerprint density at radius 2 is 1.55 bits per heavy atom. The van der Waals surface area contributed by atoms with Gasteiger partial charge in [0.25, 0.3) is 5.91 Å². The number of fused-ring (bicyclic) bond motifs is 1. The van der Waals surface area contributed by atoms with Gasteiger partial charge in [0.05, 0.1) is 27.0 Å². The van der Waals surface area contributed by atoms with Gasteiger partial charge in [-0.3, -0.25) is 10.1 Å². The summed E-state index contributed by atoms with van der Waals surface area (Å²) in [5.74, 6) is 1.06. The van der Waals surface area contributed by atoms with E-state index in [1.165, 1.54) is 14.2 Å². The van der Waals surface area contributed by atoms with E-state index in [4.69, 9.17) is 26.4 Å². The molecule has 4 rings (SSSR count). The number of hydrogen-bond donors (Lipinski definition) is 2. The average molecular weight is 464 g/mol. The van der Waals surface area contributed by atoms with Crippen LogP contribution in [0.2, 0.25) is 0 Å². The Balaban J connectivity index is 1.50. The Morgan fingerprint density at radius 3 is 2.18 bits per heavy atom. The maximum atomic E-state index is 12.8. The number of ether oxygens (including phenoxy) is 3. The van der Waals surface area contributed by atoms with Crippen molar-refractivity contribution in [2.75, 3.05) is 26.6 Å². The fourth-order valence-electron chi connectivity index (χ4n) is 3.23. The zero-order chi connectivity index (χ0) is 23.4. The molecule has 3 aromatic carbocycles. The number of hydrogen-bond acceptors (Lipinski definition) is 7. The highest BCUT2D eigenvalue weighted by Gasteiger charge is 2.19. The number of benzene rings is 3. The van der Waals surface area contributed by atoms with Gasteiger partial charge in [0.2, 0.25) is 0 Å². The van der Waals surface area contributed by atoms with Crippen molar-refractivity contribution in [2.24, 2.45) is 0 Å². The van der Waals surface area contributed by atoms with Crippen LogP contribution < -0.4 is 24.8 Å². The third-order valence-electron chi connectivity index (χ3n) is 4.82. The van der Waals surface area contributed by atoms with Crippen molar-refractivity contribution in [2.45, 2.75) is 0 Å². The SMILES string of the molecule is COc1ccc(-n2nc3ccc(NC(=S)NC(=O)c4c(OC)cccc4OC)cc3n2)cc1. The van der Waals surface area contributed by atoms with Gasteiger partial charge in [-0.05, 0) is 66.8 Å². The molecule has 0 radical (unpaired) electrons. The maximum Gasteiger partial charge on any atom is 0.264 e. The number of rotatable bonds is 6. The number of anilines is 1. The van der Waals surface area contributed by atoms with Crippen LogP contribution in [0.1, 0.15) is 10.4 Å². The van der Waals surface area contributed by atoms with E-state index >= 15 is 0 Å². The molecule has 1 amide bonds. The number of carbonyl (C=O) groups is 1. The van der Waals surface area contributed by atoms with E-state index in [1.807, 2.05) is 30.3 Å². The fourth-order valence-corrected chi connectivity index (χ4v) is 3.44. The van der Waals surface area contributed by atoms with E-state index in [2.05, 4.69) is 20.8 Å². The predicted octanol–water partition coefficient (Wildman–Crippen LogP) is 3.57. The maximum absolute atomic E-state index is 12.8. The van der Waals surface area contributed by atoms with Crippen molar-refractivity contribution in [1.29, 1.82) is 0 Å². The van der Waals surface area contributed by atoms with E-state index < -0.39 is 5.91 Å². The standard InChI is InChI=1S/C23H21N5O4S/c1-30-16-10-8-15(9-11-16)28-26-17-12-7-14(13-18(17)27-28)24-23(33)25-22(29)21-19(31-2)5-4-6-20(21)32-3/h4-13H,1-3H3,(H2,24,25,29,33). The number of nitrogens with one attached hydrogen (secondary N) is 2. The molecule has 0 atom stereocenters. The molecule has 0 unspecified atom stereocenters. The van der Waals surface area contributed by atoms with Crippen molar-refractivity contribution in [1.82, 2.24) is 20.3 Å². The first kappa shape index (κ1) is 22.0. The zero-order valence-corrected chi connectivity index (χ0v) is 19.0. The van der Waals surface area contributed by atoms with Crippen molar-refractivity contribution in [3.8, 4) is 22.9 Å². The van der Waals surface area contributed by atoms with Gasteiger partial charge in [0.15, 0.2) is 5.11 Å². The molecular weight excluding hydrogens is 442 g/mol. The molecule has 0 saturated heterocycles. The molecule has 0 spiro atoms. The van der Waals surface area contributed by atoms with Crippen LogP contribution in [0.15, 0.2) is 60.7 Å². The molecule has 1 heterocycles. The van der Waals surface area contributed by atoms with Crippen LogP contribution >= 0.6 is 12.2 Å². The molecule has 0 bridgehead atoms. The summed E-state index contributed by atoms with van der Waals surface area (Å²) in [4.78, 5) is 14.3. The molecule has 0 aliphatic rings. The second-order valence-electron chi connectivity index (χ2n) is 6.84. The quantitative estimate of drug-likeness (QED) is 0.419. The summed E-state index contributed by atoms with van der Waals surface area (Å²) in [6.45, 7) is 0. The molecule has 0 aliphatic heterocycles. The minimum absolute atomic E-state index is 0.120. The minimum atomic E-state index is -0.451. The summed E-state index contributed by atoms with van der Waals surface area (Å²) < 4.78 is 15.7. The van der Waals surface area contributed by atoms with Crippen LogP contribution in [0.25, 0.3) is 16.7 Å². The minimum Gasteiger partial charge on any atom is -0.497 e. The number of methoxy groups -OCH3 is 3. The fraction of sp³-hybridized carbons (Fsp3) is 0.130. The summed E-state index contributed by atoms with van der Waals surface area (Å²) in [5.41, 5.74) is 3.09. The molecule has 10 heteroatoms. The molecule has 2 N–H and O–H groups in total. The van der Waals surface area contributed by atoms with Crippen LogP contribution in [0.3, 0.4) is 0 Å². The first-order valence-electron chi connectivity index (χ1n) is 9.87. The average Bonchev–Trinajstić information content (AvgIpc) is 3.26. The lowest BCUT2D eigenvalue weighted by Crippen LogP contribution is -2.34. The van der Waals surface area contributed by atoms with Crippen LogP contribution in [-0.2, 0) is 0 Å². The summed E-state index contributed by atoms with van der Waals surface area (Å²) in [6.07, 6.45) is 0. The van der Waals surface area contributed by atoms with Gasteiger partial charge in [0.1, 0.15) is 33.8 Å². The van der Waals surface area contributed by atoms with E-state index in [9.17, 15) is 4.79 Å². The molecule has 0 aliphatic carbocycles. The topological polar surface area (TPSA) is 99.5 Å². The van der Waals surface area contributed by atoms with Gasteiger partial charge < -0.3 is 19.5 Å². The first-order valence-corrected chi connectivity index (χ1v) is 10.3. The lowest BCUT2D eigenvalue weighted by molar-refractivity contribution is 0.0971. The van der Waals surface area contributed by atoms with Crippen molar-refractivity contribution < 1.29 is 19.0 Å². The Labute approximate surface area is 195 Å². The van der Waals surface area contributed by atoms with Crippen LogP contribution in [0.4, 0.5) is 5.69 Å². The Kier molecular flexibility index (Phi) is 6.36. The highest BCUT2D eigenvalue weighted by molar-refractivity contribution is 7.80. The van der Waals surface area contributed by atoms with E-state index in [0.29, 0.717) is 28.2 Å². The van der Waals surface area contributed by atoms with Gasteiger partial charge in [-0.15, -0.1) is 10.2 Å². The molecule has 168 valence electrons. The lowest BCUT2D eigenvalue weighted by atomic mass is 10.1. The third-order valence-corrected chi connectivity index (χ3v) is 5.03. The van der Waals surface area contributed by atoms with E-state index in [-0.39, 0.29) is 10.7 Å². The molecule has 9 nitrogen and oxygen atoms in total. The Bertz CT molecular complexity index is 1300.